The number of aromatic nitrogens is 3. The van der Waals surface area contributed by atoms with Crippen molar-refractivity contribution in [3.05, 3.63) is 23.2 Å². The third kappa shape index (κ3) is 1.28. The van der Waals surface area contributed by atoms with Gasteiger partial charge in [0, 0.05) is 13.1 Å². The van der Waals surface area contributed by atoms with E-state index >= 15 is 0 Å². The summed E-state index contributed by atoms with van der Waals surface area (Å²) >= 11 is 5.76. The Balaban J connectivity index is 2.77. The van der Waals surface area contributed by atoms with E-state index in [1.807, 2.05) is 11.6 Å². The summed E-state index contributed by atoms with van der Waals surface area (Å²) in [5.74, 6) is 0.832. The largest absolute Gasteiger partial charge is 0.330 e. The quantitative estimate of drug-likeness (QED) is 0.695. The average molecular weight is 197 g/mol. The number of nitrogens with zero attached hydrogens (tertiary/aromatic N) is 3. The molecule has 0 unspecified atom stereocenters. The summed E-state index contributed by atoms with van der Waals surface area (Å²) < 4.78 is 1.92. The third-order valence-corrected chi connectivity index (χ3v) is 2.22. The van der Waals surface area contributed by atoms with Crippen LogP contribution in [0.1, 0.15) is 5.82 Å². The molecule has 2 heterocycles. The zero-order valence-corrected chi connectivity index (χ0v) is 7.91. The fourth-order valence-electron chi connectivity index (χ4n) is 1.30. The minimum Gasteiger partial charge on any atom is -0.330 e. The number of aryl methyl sites for hydroxylation is 1. The van der Waals surface area contributed by atoms with Crippen LogP contribution in [0.2, 0.25) is 5.15 Å². The van der Waals surface area contributed by atoms with Crippen molar-refractivity contribution in [1.82, 2.24) is 14.5 Å². The van der Waals surface area contributed by atoms with Crippen LogP contribution in [0.5, 0.6) is 0 Å². The third-order valence-electron chi connectivity index (χ3n) is 2.01. The maximum Gasteiger partial charge on any atom is 0.131 e. The van der Waals surface area contributed by atoms with Gasteiger partial charge in [0.25, 0.3) is 0 Å². The van der Waals surface area contributed by atoms with Crippen LogP contribution >= 0.6 is 11.6 Å². The zero-order chi connectivity index (χ0) is 9.42. The van der Waals surface area contributed by atoms with E-state index < -0.39 is 0 Å². The molecule has 0 amide bonds. The van der Waals surface area contributed by atoms with Crippen molar-refractivity contribution in [1.29, 1.82) is 0 Å². The predicted molar refractivity (Wildman–Crippen MR) is 51.4 cm³/mol. The van der Waals surface area contributed by atoms with Crippen molar-refractivity contribution in [3.8, 4) is 0 Å². The number of pyridine rings is 1. The Morgan fingerprint density at radius 3 is 3.08 bits per heavy atom. The van der Waals surface area contributed by atoms with Gasteiger partial charge in [0.05, 0.1) is 18.3 Å². The summed E-state index contributed by atoms with van der Waals surface area (Å²) in [5.41, 5.74) is 7.30. The average Bonchev–Trinajstić information content (AvgIpc) is 2.44. The van der Waals surface area contributed by atoms with Gasteiger partial charge >= 0.3 is 0 Å². The Labute approximate surface area is 80.3 Å². The standard InChI is InChI=1S/C8H9ClN4/c1-13-6-2-7(9)11-4-5(6)12-8(13)3-10/h2,4H,3,10H2,1H3. The fourth-order valence-corrected chi connectivity index (χ4v) is 1.46. The number of nitrogens with two attached hydrogens (primary N) is 1. The number of hydrogen-bond donors (Lipinski definition) is 1. The molecule has 68 valence electrons. The van der Waals surface area contributed by atoms with Crippen LogP contribution in [0, 0.1) is 0 Å². The molecule has 0 aliphatic heterocycles. The summed E-state index contributed by atoms with van der Waals surface area (Å²) in [6.07, 6.45) is 1.65. The van der Waals surface area contributed by atoms with Crippen molar-refractivity contribution in [2.75, 3.05) is 0 Å². The highest BCUT2D eigenvalue weighted by molar-refractivity contribution is 6.29. The van der Waals surface area contributed by atoms with E-state index in [0.29, 0.717) is 11.7 Å². The molecule has 0 saturated carbocycles. The van der Waals surface area contributed by atoms with Gasteiger partial charge in [-0.05, 0) is 0 Å². The Hall–Kier alpha value is -1.13. The molecular weight excluding hydrogens is 188 g/mol. The highest BCUT2D eigenvalue weighted by Gasteiger charge is 2.06. The monoisotopic (exact) mass is 196 g/mol. The zero-order valence-electron chi connectivity index (χ0n) is 7.16. The number of halogens is 1. The second kappa shape index (κ2) is 2.97. The Bertz CT molecular complexity index is 449. The molecular formula is C8H9ClN4. The van der Waals surface area contributed by atoms with Gasteiger partial charge in [0.1, 0.15) is 16.5 Å². The molecule has 5 heteroatoms. The molecule has 0 saturated heterocycles. The highest BCUT2D eigenvalue weighted by Crippen LogP contribution is 2.16. The normalized spacial score (nSPS) is 11.0. The number of fused-ring (bicyclic) bond motifs is 1. The molecule has 4 nitrogen and oxygen atoms in total. The number of imidazole rings is 1. The van der Waals surface area contributed by atoms with Crippen LogP contribution < -0.4 is 5.73 Å². The Morgan fingerprint density at radius 1 is 1.62 bits per heavy atom. The first-order chi connectivity index (χ1) is 6.22. The molecule has 2 aromatic heterocycles. The van der Waals surface area contributed by atoms with Gasteiger partial charge in [0.2, 0.25) is 0 Å². The van der Waals surface area contributed by atoms with E-state index in [2.05, 4.69) is 9.97 Å². The van der Waals surface area contributed by atoms with E-state index in [9.17, 15) is 0 Å². The summed E-state index contributed by atoms with van der Waals surface area (Å²) in [6.45, 7) is 0.419. The summed E-state index contributed by atoms with van der Waals surface area (Å²) in [5, 5.41) is 0.471. The first kappa shape index (κ1) is 8.47. The molecule has 0 aliphatic rings. The number of rotatable bonds is 1. The van der Waals surface area contributed by atoms with E-state index in [4.69, 9.17) is 17.3 Å². The van der Waals surface area contributed by atoms with Crippen molar-refractivity contribution in [3.63, 3.8) is 0 Å². The smallest absolute Gasteiger partial charge is 0.131 e. The Morgan fingerprint density at radius 2 is 2.38 bits per heavy atom. The van der Waals surface area contributed by atoms with Gasteiger partial charge < -0.3 is 10.3 Å². The van der Waals surface area contributed by atoms with Gasteiger partial charge in [-0.15, -0.1) is 0 Å². The topological polar surface area (TPSA) is 56.7 Å². The van der Waals surface area contributed by atoms with Crippen molar-refractivity contribution in [2.45, 2.75) is 6.54 Å². The van der Waals surface area contributed by atoms with Crippen LogP contribution in [-0.2, 0) is 13.6 Å². The summed E-state index contributed by atoms with van der Waals surface area (Å²) in [6, 6.07) is 1.78. The van der Waals surface area contributed by atoms with Crippen molar-refractivity contribution in [2.24, 2.45) is 12.8 Å². The molecule has 2 aromatic rings. The van der Waals surface area contributed by atoms with E-state index in [0.717, 1.165) is 16.9 Å². The summed E-state index contributed by atoms with van der Waals surface area (Å²) in [7, 11) is 1.91. The summed E-state index contributed by atoms with van der Waals surface area (Å²) in [4.78, 5) is 8.23. The molecule has 0 bridgehead atoms. The van der Waals surface area contributed by atoms with Crippen molar-refractivity contribution < 1.29 is 0 Å². The SMILES string of the molecule is Cn1c(CN)nc2cnc(Cl)cc21. The molecule has 13 heavy (non-hydrogen) atoms. The number of hydrogen-bond acceptors (Lipinski definition) is 3. The minimum absolute atomic E-state index is 0.419. The maximum absolute atomic E-state index is 5.76. The van der Waals surface area contributed by atoms with E-state index in [1.165, 1.54) is 0 Å². The fraction of sp³-hybridized carbons (Fsp3) is 0.250. The van der Waals surface area contributed by atoms with E-state index in [1.54, 1.807) is 12.3 Å². The van der Waals surface area contributed by atoms with Crippen LogP contribution in [0.4, 0.5) is 0 Å². The van der Waals surface area contributed by atoms with Crippen LogP contribution in [-0.4, -0.2) is 14.5 Å². The van der Waals surface area contributed by atoms with Crippen LogP contribution in [0.15, 0.2) is 12.3 Å². The van der Waals surface area contributed by atoms with Gasteiger partial charge in [-0.1, -0.05) is 11.6 Å². The lowest BCUT2D eigenvalue weighted by Gasteiger charge is -1.97. The first-order valence-electron chi connectivity index (χ1n) is 3.89. The van der Waals surface area contributed by atoms with Gasteiger partial charge in [-0.25, -0.2) is 9.97 Å². The van der Waals surface area contributed by atoms with Crippen LogP contribution in [0.25, 0.3) is 11.0 Å². The van der Waals surface area contributed by atoms with E-state index in [-0.39, 0.29) is 0 Å². The maximum atomic E-state index is 5.76. The second-order valence-electron chi connectivity index (χ2n) is 2.79. The lowest BCUT2D eigenvalue weighted by Crippen LogP contribution is -2.04. The van der Waals surface area contributed by atoms with Crippen molar-refractivity contribution >= 4 is 22.6 Å². The Kier molecular flexibility index (Phi) is 1.94. The second-order valence-corrected chi connectivity index (χ2v) is 3.17. The molecule has 0 fully saturated rings. The lowest BCUT2D eigenvalue weighted by atomic mass is 10.4. The molecule has 0 aromatic carbocycles. The molecule has 2 N–H and O–H groups in total. The molecule has 2 rings (SSSR count). The molecule has 0 spiro atoms. The first-order valence-corrected chi connectivity index (χ1v) is 4.27. The predicted octanol–water partition coefficient (Wildman–Crippen LogP) is 1.08. The molecule has 0 aliphatic carbocycles. The minimum atomic E-state index is 0.419. The van der Waals surface area contributed by atoms with Gasteiger partial charge in [-0.2, -0.15) is 0 Å². The highest BCUT2D eigenvalue weighted by atomic mass is 35.5. The van der Waals surface area contributed by atoms with Crippen LogP contribution in [0.3, 0.4) is 0 Å². The lowest BCUT2D eigenvalue weighted by molar-refractivity contribution is 0.813. The molecule has 0 atom stereocenters. The molecule has 0 radical (unpaired) electrons. The van der Waals surface area contributed by atoms with Gasteiger partial charge in [-0.3, -0.25) is 0 Å². The van der Waals surface area contributed by atoms with Gasteiger partial charge in [0.15, 0.2) is 0 Å².